The first-order valence-electron chi connectivity index (χ1n) is 7.72. The van der Waals surface area contributed by atoms with Gasteiger partial charge in [-0.25, -0.2) is 0 Å². The third-order valence-electron chi connectivity index (χ3n) is 3.94. The van der Waals surface area contributed by atoms with Crippen LogP contribution in [0.2, 0.25) is 0 Å². The minimum atomic E-state index is -0.0252. The Morgan fingerprint density at radius 2 is 1.88 bits per heavy atom. The predicted octanol–water partition coefficient (Wildman–Crippen LogP) is 4.74. The normalized spacial score (nSPS) is 11.0. The van der Waals surface area contributed by atoms with Crippen molar-refractivity contribution >= 4 is 38.8 Å². The van der Waals surface area contributed by atoms with Gasteiger partial charge in [0.25, 0.3) is 5.91 Å². The van der Waals surface area contributed by atoms with Crippen LogP contribution in [0.15, 0.2) is 65.4 Å². The largest absolute Gasteiger partial charge is 0.346 e. The number of carbonyl (C=O) groups excluding carboxylic acids is 1. The van der Waals surface area contributed by atoms with E-state index in [4.69, 9.17) is 0 Å². The van der Waals surface area contributed by atoms with E-state index < -0.39 is 0 Å². The molecule has 0 bridgehead atoms. The molecule has 3 nitrogen and oxygen atoms in total. The molecule has 0 saturated carbocycles. The fraction of sp³-hybridized carbons (Fsp3) is 0.105. The van der Waals surface area contributed by atoms with Crippen molar-refractivity contribution in [1.82, 2.24) is 9.88 Å². The van der Waals surface area contributed by atoms with Gasteiger partial charge in [0.15, 0.2) is 0 Å². The number of hydrogen-bond acceptors (Lipinski definition) is 3. The third-order valence-corrected chi connectivity index (χ3v) is 5.67. The van der Waals surface area contributed by atoms with Crippen molar-refractivity contribution in [2.75, 3.05) is 0 Å². The fourth-order valence-electron chi connectivity index (χ4n) is 2.77. The van der Waals surface area contributed by atoms with Gasteiger partial charge in [0.05, 0.1) is 16.8 Å². The van der Waals surface area contributed by atoms with E-state index in [1.807, 2.05) is 41.8 Å². The van der Waals surface area contributed by atoms with Crippen molar-refractivity contribution < 1.29 is 4.79 Å². The van der Waals surface area contributed by atoms with E-state index in [0.29, 0.717) is 13.1 Å². The Balaban J connectivity index is 1.63. The second-order valence-corrected chi connectivity index (χ2v) is 7.51. The summed E-state index contributed by atoms with van der Waals surface area (Å²) in [6.07, 6.45) is 0. The second-order valence-electron chi connectivity index (χ2n) is 5.53. The van der Waals surface area contributed by atoms with Crippen LogP contribution in [0.3, 0.4) is 0 Å². The number of amides is 1. The van der Waals surface area contributed by atoms with Crippen molar-refractivity contribution in [3.8, 4) is 0 Å². The quantitative estimate of drug-likeness (QED) is 0.553. The van der Waals surface area contributed by atoms with Gasteiger partial charge < -0.3 is 9.88 Å². The number of carbonyl (C=O) groups is 1. The van der Waals surface area contributed by atoms with Crippen LogP contribution in [-0.2, 0) is 13.1 Å². The molecule has 0 saturated heterocycles. The maximum absolute atomic E-state index is 12.7. The highest BCUT2D eigenvalue weighted by Gasteiger charge is 2.16. The van der Waals surface area contributed by atoms with Gasteiger partial charge in [0.1, 0.15) is 5.69 Å². The number of thiophene rings is 2. The fourth-order valence-corrected chi connectivity index (χ4v) is 4.24. The number of rotatable bonds is 5. The van der Waals surface area contributed by atoms with Crippen LogP contribution < -0.4 is 5.32 Å². The standard InChI is InChI=1S/C19H16N2OS2/c22-19(20-12-15-7-4-9-23-15)17-11-18-16(8-10-24-18)21(17)13-14-5-2-1-3-6-14/h1-11H,12-13H2,(H,20,22). The van der Waals surface area contributed by atoms with Crippen LogP contribution >= 0.6 is 22.7 Å². The van der Waals surface area contributed by atoms with Crippen LogP contribution in [0.4, 0.5) is 0 Å². The summed E-state index contributed by atoms with van der Waals surface area (Å²) in [5, 5.41) is 7.13. The van der Waals surface area contributed by atoms with Crippen molar-refractivity contribution in [3.05, 3.63) is 81.5 Å². The highest BCUT2D eigenvalue weighted by molar-refractivity contribution is 7.17. The summed E-state index contributed by atoms with van der Waals surface area (Å²) in [5.74, 6) is -0.0252. The maximum atomic E-state index is 12.7. The molecule has 24 heavy (non-hydrogen) atoms. The number of fused-ring (bicyclic) bond motifs is 1. The molecule has 0 aliphatic heterocycles. The molecule has 0 fully saturated rings. The molecule has 4 rings (SSSR count). The smallest absolute Gasteiger partial charge is 0.268 e. The first kappa shape index (κ1) is 15.2. The Bertz CT molecular complexity index is 952. The highest BCUT2D eigenvalue weighted by Crippen LogP contribution is 2.26. The Morgan fingerprint density at radius 1 is 1.00 bits per heavy atom. The van der Waals surface area contributed by atoms with Crippen molar-refractivity contribution in [1.29, 1.82) is 0 Å². The number of benzene rings is 1. The third kappa shape index (κ3) is 3.00. The van der Waals surface area contributed by atoms with Crippen LogP contribution in [0, 0.1) is 0 Å². The predicted molar refractivity (Wildman–Crippen MR) is 101 cm³/mol. The Hall–Kier alpha value is -2.37. The number of aromatic nitrogens is 1. The summed E-state index contributed by atoms with van der Waals surface area (Å²) in [4.78, 5) is 13.9. The van der Waals surface area contributed by atoms with E-state index in [-0.39, 0.29) is 5.91 Å². The molecule has 1 aromatic carbocycles. The topological polar surface area (TPSA) is 34.0 Å². The lowest BCUT2D eigenvalue weighted by Gasteiger charge is -2.10. The molecule has 0 spiro atoms. The first-order valence-corrected chi connectivity index (χ1v) is 9.48. The molecule has 5 heteroatoms. The van der Waals surface area contributed by atoms with E-state index in [0.717, 1.165) is 20.8 Å². The lowest BCUT2D eigenvalue weighted by atomic mass is 10.2. The van der Waals surface area contributed by atoms with Crippen molar-refractivity contribution in [2.24, 2.45) is 0 Å². The Morgan fingerprint density at radius 3 is 2.67 bits per heavy atom. The molecule has 0 aliphatic rings. The number of nitrogens with one attached hydrogen (secondary N) is 1. The van der Waals surface area contributed by atoms with E-state index in [2.05, 4.69) is 33.5 Å². The summed E-state index contributed by atoms with van der Waals surface area (Å²) < 4.78 is 3.25. The summed E-state index contributed by atoms with van der Waals surface area (Å²) in [6.45, 7) is 1.27. The van der Waals surface area contributed by atoms with Crippen LogP contribution in [0.25, 0.3) is 10.2 Å². The molecular formula is C19H16N2OS2. The molecule has 1 amide bonds. The molecule has 0 atom stereocenters. The zero-order valence-electron chi connectivity index (χ0n) is 12.9. The van der Waals surface area contributed by atoms with Gasteiger partial charge in [-0.15, -0.1) is 22.7 Å². The van der Waals surface area contributed by atoms with E-state index in [1.54, 1.807) is 22.7 Å². The van der Waals surface area contributed by atoms with Gasteiger partial charge >= 0.3 is 0 Å². The van der Waals surface area contributed by atoms with Crippen LogP contribution in [0.5, 0.6) is 0 Å². The van der Waals surface area contributed by atoms with Gasteiger partial charge in [-0.1, -0.05) is 36.4 Å². The summed E-state index contributed by atoms with van der Waals surface area (Å²) in [5.41, 5.74) is 3.02. The molecule has 0 unspecified atom stereocenters. The molecule has 1 N–H and O–H groups in total. The van der Waals surface area contributed by atoms with Crippen LogP contribution in [-0.4, -0.2) is 10.5 Å². The minimum absolute atomic E-state index is 0.0252. The van der Waals surface area contributed by atoms with Gasteiger partial charge in [-0.3, -0.25) is 4.79 Å². The number of hydrogen-bond donors (Lipinski definition) is 1. The van der Waals surface area contributed by atoms with Crippen molar-refractivity contribution in [2.45, 2.75) is 13.1 Å². The average molecular weight is 352 g/mol. The van der Waals surface area contributed by atoms with Gasteiger partial charge in [0, 0.05) is 11.4 Å². The molecule has 0 radical (unpaired) electrons. The molecule has 120 valence electrons. The van der Waals surface area contributed by atoms with E-state index in [1.165, 1.54) is 5.56 Å². The molecule has 0 aliphatic carbocycles. The maximum Gasteiger partial charge on any atom is 0.268 e. The van der Waals surface area contributed by atoms with E-state index in [9.17, 15) is 4.79 Å². The van der Waals surface area contributed by atoms with E-state index >= 15 is 0 Å². The Kier molecular flexibility index (Phi) is 4.19. The zero-order chi connectivity index (χ0) is 16.4. The van der Waals surface area contributed by atoms with Gasteiger partial charge in [-0.05, 0) is 34.5 Å². The lowest BCUT2D eigenvalue weighted by molar-refractivity contribution is 0.0943. The highest BCUT2D eigenvalue weighted by atomic mass is 32.1. The van der Waals surface area contributed by atoms with Crippen molar-refractivity contribution in [3.63, 3.8) is 0 Å². The zero-order valence-corrected chi connectivity index (χ0v) is 14.6. The second kappa shape index (κ2) is 6.63. The average Bonchev–Trinajstić information content (AvgIpc) is 3.32. The summed E-state index contributed by atoms with van der Waals surface area (Å²) in [7, 11) is 0. The Labute approximate surface area is 148 Å². The van der Waals surface area contributed by atoms with Crippen LogP contribution in [0.1, 0.15) is 20.9 Å². The summed E-state index contributed by atoms with van der Waals surface area (Å²) in [6, 6.07) is 18.4. The molecule has 3 heterocycles. The monoisotopic (exact) mass is 352 g/mol. The lowest BCUT2D eigenvalue weighted by Crippen LogP contribution is -2.25. The summed E-state index contributed by atoms with van der Waals surface area (Å²) >= 11 is 3.32. The van der Waals surface area contributed by atoms with Gasteiger partial charge in [0.2, 0.25) is 0 Å². The number of nitrogens with zero attached hydrogens (tertiary/aromatic N) is 1. The molecule has 4 aromatic rings. The van der Waals surface area contributed by atoms with Gasteiger partial charge in [-0.2, -0.15) is 0 Å². The molecule has 3 aromatic heterocycles. The SMILES string of the molecule is O=C(NCc1cccs1)c1cc2sccc2n1Cc1ccccc1. The minimum Gasteiger partial charge on any atom is -0.346 e. The first-order chi connectivity index (χ1) is 11.8. The molecular weight excluding hydrogens is 336 g/mol.